The zero-order valence-electron chi connectivity index (χ0n) is 52.0. The normalized spacial score (nSPS) is 10.6. The minimum atomic E-state index is -0.833. The molecule has 3 radical (unpaired) electrons. The summed E-state index contributed by atoms with van der Waals surface area (Å²) in [6, 6.07) is 16.3. The van der Waals surface area contributed by atoms with E-state index in [-0.39, 0.29) is 71.9 Å². The zero-order chi connectivity index (χ0) is 60.7. The van der Waals surface area contributed by atoms with Crippen LogP contribution in [0.1, 0.15) is 202 Å². The number of nitrogens with two attached hydrogens (primary N) is 1. The number of hydrogen-bond donors (Lipinski definition) is 6. The first-order chi connectivity index (χ1) is 35.8. The minimum absolute atomic E-state index is 0. The van der Waals surface area contributed by atoms with Crippen LogP contribution < -0.4 is 65.8 Å². The number of carboxylic acid groups (broad SMARTS) is 2. The summed E-state index contributed by atoms with van der Waals surface area (Å²) in [5, 5.41) is 28.6. The first-order valence-corrected chi connectivity index (χ1v) is 26.0. The van der Waals surface area contributed by atoms with E-state index in [4.69, 9.17) is 51.7 Å². The maximum atomic E-state index is 12.5. The number of carboxylic acids is 2. The van der Waals surface area contributed by atoms with Gasteiger partial charge in [-0.3, -0.25) is 34.2 Å². The van der Waals surface area contributed by atoms with Crippen molar-refractivity contribution >= 4 is 49.6 Å². The molecule has 0 saturated carbocycles. The number of hydrazine groups is 1. The topological polar surface area (TPSA) is 269 Å². The number of carbonyl (C=O) groups is 6. The fourth-order valence-corrected chi connectivity index (χ4v) is 6.76. The number of hydrazone groups is 1. The molecular formula is C60H97BN6NaO11. The molecule has 79 heavy (non-hydrogen) atoms. The monoisotopic (exact) mass is 1110 g/mol. The smallest absolute Gasteiger partial charge is 0.512 e. The van der Waals surface area contributed by atoms with Crippen molar-refractivity contribution in [1.82, 2.24) is 16.2 Å². The van der Waals surface area contributed by atoms with Crippen LogP contribution >= 0.6 is 0 Å². The van der Waals surface area contributed by atoms with Crippen LogP contribution in [0.25, 0.3) is 0 Å². The van der Waals surface area contributed by atoms with Gasteiger partial charge < -0.3 is 41.6 Å². The van der Waals surface area contributed by atoms with Crippen molar-refractivity contribution in [3.63, 3.8) is 0 Å². The van der Waals surface area contributed by atoms with Crippen molar-refractivity contribution in [2.45, 2.75) is 175 Å². The predicted molar refractivity (Wildman–Crippen MR) is 315 cm³/mol. The molecule has 3 aromatic rings. The maximum absolute atomic E-state index is 12.5. The van der Waals surface area contributed by atoms with Crippen molar-refractivity contribution < 1.29 is 82.7 Å². The van der Waals surface area contributed by atoms with Crippen LogP contribution in [0.2, 0.25) is 0 Å². The van der Waals surface area contributed by atoms with Crippen LogP contribution in [-0.2, 0) is 14.4 Å². The molecule has 0 fully saturated rings. The van der Waals surface area contributed by atoms with E-state index in [2.05, 4.69) is 83.6 Å². The van der Waals surface area contributed by atoms with Crippen LogP contribution in [0.5, 0.6) is 17.2 Å². The Kier molecular flexibility index (Phi) is 49.3. The minimum Gasteiger partial charge on any atom is -0.512 e. The molecule has 3 aromatic carbocycles. The number of unbranched alkanes of at least 4 members (excludes halogenated alkanes) is 3. The van der Waals surface area contributed by atoms with Gasteiger partial charge in [-0.05, 0) is 94.2 Å². The summed E-state index contributed by atoms with van der Waals surface area (Å²) < 4.78 is 15.6. The Morgan fingerprint density at radius 1 is 0.608 bits per heavy atom. The molecule has 0 aliphatic rings. The van der Waals surface area contributed by atoms with Gasteiger partial charge in [0.15, 0.2) is 0 Å². The number of nitrogen functional groups attached to an aromatic ring is 1. The Morgan fingerprint density at radius 3 is 1.25 bits per heavy atom. The average Bonchev–Trinajstić information content (AvgIpc) is 3.35. The second-order valence-electron chi connectivity index (χ2n) is 21.0. The molecule has 0 heterocycles. The van der Waals surface area contributed by atoms with Gasteiger partial charge in [0, 0.05) is 85.1 Å². The van der Waals surface area contributed by atoms with E-state index < -0.39 is 11.9 Å². The molecule has 1 unspecified atom stereocenters. The molecule has 0 saturated heterocycles. The van der Waals surface area contributed by atoms with Gasteiger partial charge in [-0.15, -0.1) is 0 Å². The van der Waals surface area contributed by atoms with Gasteiger partial charge in [0.1, 0.15) is 23.0 Å². The number of nitrogens with zero attached hydrogens (tertiary/aromatic N) is 2. The molecular weight excluding hydrogens is 1010 g/mol. The van der Waals surface area contributed by atoms with Crippen LogP contribution in [0.4, 0.5) is 0 Å². The van der Waals surface area contributed by atoms with Crippen molar-refractivity contribution in [1.29, 1.82) is 5.26 Å². The second-order valence-corrected chi connectivity index (χ2v) is 21.0. The van der Waals surface area contributed by atoms with E-state index in [1.54, 1.807) is 45.6 Å². The first kappa shape index (κ1) is 84.6. The summed E-state index contributed by atoms with van der Waals surface area (Å²) in [7, 11) is 4.79. The largest absolute Gasteiger partial charge is 1.00 e. The van der Waals surface area contributed by atoms with Crippen LogP contribution in [-0.4, -0.2) is 87.7 Å². The van der Waals surface area contributed by atoms with Gasteiger partial charge >= 0.3 is 29.6 Å². The predicted octanol–water partition coefficient (Wildman–Crippen LogP) is 9.21. The third kappa shape index (κ3) is 38.5. The first-order valence-electron chi connectivity index (χ1n) is 26.0. The van der Waals surface area contributed by atoms with Gasteiger partial charge in [-0.1, -0.05) is 127 Å². The Labute approximate surface area is 499 Å². The Hall–Kier alpha value is -5.74. The number of nitrogens with one attached hydrogen (secondary N) is 3. The van der Waals surface area contributed by atoms with Crippen LogP contribution in [0.15, 0.2) is 59.7 Å². The Bertz CT molecular complexity index is 2270. The van der Waals surface area contributed by atoms with Gasteiger partial charge in [0.05, 0.1) is 21.3 Å². The van der Waals surface area contributed by atoms with E-state index in [9.17, 15) is 19.2 Å². The van der Waals surface area contributed by atoms with E-state index in [1.165, 1.54) is 12.8 Å². The number of aliphatic carboxylic acids is 2. The molecule has 0 spiro atoms. The van der Waals surface area contributed by atoms with E-state index >= 15 is 0 Å². The number of benzene rings is 3. The summed E-state index contributed by atoms with van der Waals surface area (Å²) in [5.74, 6) is 5.85. The van der Waals surface area contributed by atoms with Gasteiger partial charge in [-0.25, -0.2) is 11.3 Å². The number of carbonyl (C=O) groups excluding carboxylic acids is 4. The molecule has 0 bridgehead atoms. The summed E-state index contributed by atoms with van der Waals surface area (Å²) >= 11 is 0. The second kappa shape index (κ2) is 46.1. The van der Waals surface area contributed by atoms with E-state index in [0.717, 1.165) is 93.5 Å². The third-order valence-electron chi connectivity index (χ3n) is 11.5. The molecule has 7 N–H and O–H groups in total. The summed E-state index contributed by atoms with van der Waals surface area (Å²) in [5.41, 5.74) is 10.1. The van der Waals surface area contributed by atoms with Gasteiger partial charge in [-0.2, -0.15) is 5.10 Å². The summed E-state index contributed by atoms with van der Waals surface area (Å²) in [4.78, 5) is 65.3. The fourth-order valence-electron chi connectivity index (χ4n) is 6.76. The molecule has 1 atom stereocenters. The molecule has 3 amide bonds. The quantitative estimate of drug-likeness (QED) is 0.0173. The van der Waals surface area contributed by atoms with Crippen molar-refractivity contribution in [3.8, 4) is 17.2 Å². The van der Waals surface area contributed by atoms with Crippen molar-refractivity contribution in [3.05, 3.63) is 94.6 Å². The standard InChI is InChI=1S/C19H31NO2.C18H28N2O2.C9H12N2O2.C9H18O.2C2H4O2.CN.B.Na/c1-7-8-10-15(19(3,4)5)13-20-18(21)16-11-9-12-17(22-6)14(16)2;1-7-8-12-16(18(3,4)5)19-20-17(21)14-10-9-11-15(22-6)13(14)2;1-6-7(9(12)11-10)4-3-5-8(6)13-2;1-5-6-7-8(10)9(2,3)4;2*1-2(3)4;1-2;;/h9,11-12,15H,7-8,10,13H2,1-6H3,(H,20,21);9-11H,7-8,12H2,1-6H3,(H,20,21);3-5H,10H2,1-2H3,(H,11,12);5-7H2,1-4H3;2*1H3,(H,3,4);;;/q;;;;;;-1;;+1/b;19-16+;;;;;;;. The molecule has 437 valence electrons. The number of hydrogen-bond acceptors (Lipinski definition) is 12. The summed E-state index contributed by atoms with van der Waals surface area (Å²) in [6.07, 6.45) is 9.53. The SMILES string of the molecule is CC(=O)O.CC(=O)O.CCCC/C(=N\NC(=O)c1cccc(OC)c1C)C(C)(C)C.CCCCC(=O)C(C)(C)C.CCCCC(CNC(=O)c1cccc(OC)c1C)C(C)(C)C.COc1cccc(C(=O)NN)c1C.[B].[C-]#N.[Na+]. The number of ether oxygens (including phenoxy) is 3. The van der Waals surface area contributed by atoms with Crippen LogP contribution in [0, 0.1) is 54.8 Å². The number of amides is 3. The van der Waals surface area contributed by atoms with Gasteiger partial charge in [0.2, 0.25) is 0 Å². The van der Waals surface area contributed by atoms with Crippen LogP contribution in [0.3, 0.4) is 0 Å². The number of ketones is 1. The van der Waals surface area contributed by atoms with E-state index in [0.29, 0.717) is 39.9 Å². The maximum Gasteiger partial charge on any atom is 1.00 e. The molecule has 3 rings (SSSR count). The van der Waals surface area contributed by atoms with E-state index in [1.807, 2.05) is 71.9 Å². The molecule has 0 aliphatic heterocycles. The molecule has 0 aromatic heterocycles. The number of methoxy groups -OCH3 is 3. The zero-order valence-corrected chi connectivity index (χ0v) is 54.0. The van der Waals surface area contributed by atoms with Crippen molar-refractivity contribution in [2.75, 3.05) is 27.9 Å². The molecule has 19 heteroatoms. The number of rotatable bonds is 18. The summed E-state index contributed by atoms with van der Waals surface area (Å²) in [6.45, 7) is 38.7. The third-order valence-corrected chi connectivity index (χ3v) is 11.5. The van der Waals surface area contributed by atoms with Crippen molar-refractivity contribution in [2.24, 2.45) is 33.1 Å². The average molecular weight is 1110 g/mol. The molecule has 17 nitrogen and oxygen atoms in total. The van der Waals surface area contributed by atoms with Gasteiger partial charge in [0.25, 0.3) is 29.7 Å². The number of Topliss-reactive ketones (excluding diaryl/α,β-unsaturated/α-hetero) is 1. The Balaban J connectivity index is -0.000000218. The Morgan fingerprint density at radius 2 is 0.949 bits per heavy atom. The fraction of sp³-hybridized carbons (Fsp3) is 0.567. The molecule has 0 aliphatic carbocycles.